The van der Waals surface area contributed by atoms with Crippen molar-refractivity contribution in [2.75, 3.05) is 31.6 Å². The highest BCUT2D eigenvalue weighted by Gasteiger charge is 2.45. The van der Waals surface area contributed by atoms with Crippen molar-refractivity contribution >= 4 is 22.9 Å². The second kappa shape index (κ2) is 6.26. The van der Waals surface area contributed by atoms with E-state index in [1.54, 1.807) is 24.1 Å². The lowest BCUT2D eigenvalue weighted by atomic mass is 9.93. The Hall–Kier alpha value is -3.21. The molecule has 10 nitrogen and oxygen atoms in total. The number of H-pyrrole nitrogens is 1. The van der Waals surface area contributed by atoms with Gasteiger partial charge in [-0.2, -0.15) is 14.7 Å². The Morgan fingerprint density at radius 2 is 2.15 bits per heavy atom. The third-order valence-corrected chi connectivity index (χ3v) is 4.31. The van der Waals surface area contributed by atoms with Gasteiger partial charge in [0.15, 0.2) is 5.82 Å². The zero-order valence-electron chi connectivity index (χ0n) is 13.8. The predicted octanol–water partition coefficient (Wildman–Crippen LogP) is -0.0828. The smallest absolute Gasteiger partial charge is 0.270 e. The lowest BCUT2D eigenvalue weighted by Gasteiger charge is -2.49. The van der Waals surface area contributed by atoms with Gasteiger partial charge in [0.05, 0.1) is 19.6 Å². The van der Waals surface area contributed by atoms with Gasteiger partial charge in [-0.15, -0.1) is 5.10 Å². The number of hydrogen-bond donors (Lipinski definition) is 2. The van der Waals surface area contributed by atoms with Gasteiger partial charge in [-0.1, -0.05) is 0 Å². The molecule has 4 rings (SSSR count). The van der Waals surface area contributed by atoms with E-state index in [0.29, 0.717) is 24.3 Å². The van der Waals surface area contributed by atoms with Crippen LogP contribution >= 0.6 is 0 Å². The molecule has 0 saturated carbocycles. The third-order valence-electron chi connectivity index (χ3n) is 4.31. The number of methoxy groups -OCH3 is 1. The molecule has 3 aromatic heterocycles. The van der Waals surface area contributed by atoms with E-state index in [-0.39, 0.29) is 24.0 Å². The quantitative estimate of drug-likeness (QED) is 0.649. The number of amides is 1. The minimum atomic E-state index is -0.633. The van der Waals surface area contributed by atoms with Crippen LogP contribution in [0.4, 0.5) is 10.2 Å². The van der Waals surface area contributed by atoms with E-state index in [4.69, 9.17) is 4.74 Å². The van der Waals surface area contributed by atoms with Crippen LogP contribution in [0.5, 0.6) is 0 Å². The number of aromatic nitrogens is 6. The van der Waals surface area contributed by atoms with Crippen molar-refractivity contribution in [3.05, 3.63) is 36.2 Å². The fourth-order valence-electron chi connectivity index (χ4n) is 2.83. The van der Waals surface area contributed by atoms with Gasteiger partial charge in [-0.25, -0.2) is 15.0 Å². The number of halogens is 1. The van der Waals surface area contributed by atoms with Crippen molar-refractivity contribution < 1.29 is 13.9 Å². The molecule has 11 heteroatoms. The average molecular weight is 358 g/mol. The molecule has 0 atom stereocenters. The summed E-state index contributed by atoms with van der Waals surface area (Å²) in [5.41, 5.74) is 0.550. The molecule has 0 aromatic carbocycles. The summed E-state index contributed by atoms with van der Waals surface area (Å²) in [6.07, 6.45) is 2.72. The van der Waals surface area contributed by atoms with E-state index in [0.717, 1.165) is 0 Å². The Kier molecular flexibility index (Phi) is 3.92. The topological polar surface area (TPSA) is 122 Å². The fraction of sp³-hybridized carbons (Fsp3) is 0.333. The first-order valence-corrected chi connectivity index (χ1v) is 7.83. The predicted molar refractivity (Wildman–Crippen MR) is 88.0 cm³/mol. The molecule has 2 N–H and O–H groups in total. The monoisotopic (exact) mass is 358 g/mol. The molecule has 0 bridgehead atoms. The van der Waals surface area contributed by atoms with Crippen molar-refractivity contribution in [3.63, 3.8) is 0 Å². The van der Waals surface area contributed by atoms with Crippen molar-refractivity contribution in [2.24, 2.45) is 0 Å². The van der Waals surface area contributed by atoms with Crippen LogP contribution in [-0.2, 0) is 4.74 Å². The first kappa shape index (κ1) is 16.3. The lowest BCUT2D eigenvalue weighted by molar-refractivity contribution is -0.0311. The van der Waals surface area contributed by atoms with E-state index in [1.165, 1.54) is 12.4 Å². The highest BCUT2D eigenvalue weighted by atomic mass is 19.1. The molecule has 1 fully saturated rings. The van der Waals surface area contributed by atoms with Crippen LogP contribution in [0.2, 0.25) is 0 Å². The highest BCUT2D eigenvalue weighted by Crippen LogP contribution is 2.29. The maximum absolute atomic E-state index is 13.7. The third kappa shape index (κ3) is 2.81. The van der Waals surface area contributed by atoms with Crippen LogP contribution in [0, 0.1) is 5.95 Å². The molecule has 3 aromatic rings. The molecule has 4 heterocycles. The van der Waals surface area contributed by atoms with Crippen molar-refractivity contribution in [1.82, 2.24) is 35.7 Å². The Labute approximate surface area is 146 Å². The van der Waals surface area contributed by atoms with Gasteiger partial charge in [-0.05, 0) is 12.1 Å². The van der Waals surface area contributed by atoms with Gasteiger partial charge in [0, 0.05) is 19.5 Å². The maximum atomic E-state index is 13.7. The first-order chi connectivity index (χ1) is 12.6. The van der Waals surface area contributed by atoms with Crippen molar-refractivity contribution in [3.8, 4) is 0 Å². The zero-order chi connectivity index (χ0) is 18.1. The van der Waals surface area contributed by atoms with Gasteiger partial charge in [0.2, 0.25) is 5.65 Å². The van der Waals surface area contributed by atoms with E-state index < -0.39 is 11.5 Å². The number of nitrogens with one attached hydrogen (secondary N) is 2. The number of hydrogen-bond acceptors (Lipinski definition) is 8. The van der Waals surface area contributed by atoms with Crippen LogP contribution in [0.15, 0.2) is 24.5 Å². The number of nitrogens with zero attached hydrogens (tertiary/aromatic N) is 6. The molecular formula is C15H15FN8O2. The summed E-state index contributed by atoms with van der Waals surface area (Å²) in [6, 6.07) is 3.23. The number of pyridine rings is 1. The van der Waals surface area contributed by atoms with Gasteiger partial charge < -0.3 is 15.0 Å². The summed E-state index contributed by atoms with van der Waals surface area (Å²) in [5, 5.41) is 13.0. The Bertz CT molecular complexity index is 955. The zero-order valence-corrected chi connectivity index (χ0v) is 13.8. The van der Waals surface area contributed by atoms with E-state index in [2.05, 4.69) is 35.7 Å². The Morgan fingerprint density at radius 1 is 1.35 bits per heavy atom. The molecule has 0 radical (unpaired) electrons. The van der Waals surface area contributed by atoms with Crippen LogP contribution in [0.25, 0.3) is 11.2 Å². The molecule has 26 heavy (non-hydrogen) atoms. The summed E-state index contributed by atoms with van der Waals surface area (Å²) in [4.78, 5) is 25.8. The van der Waals surface area contributed by atoms with E-state index >= 15 is 0 Å². The number of ether oxygens (including phenoxy) is 1. The highest BCUT2D eigenvalue weighted by molar-refractivity contribution is 5.94. The van der Waals surface area contributed by atoms with Crippen LogP contribution in [0.3, 0.4) is 0 Å². The normalized spacial score (nSPS) is 15.7. The summed E-state index contributed by atoms with van der Waals surface area (Å²) in [7, 11) is 1.55. The summed E-state index contributed by atoms with van der Waals surface area (Å²) >= 11 is 0. The minimum Gasteiger partial charge on any atom is -0.373 e. The molecule has 1 aliphatic rings. The molecule has 1 aliphatic heterocycles. The second-order valence-electron chi connectivity index (χ2n) is 5.96. The first-order valence-electron chi connectivity index (χ1n) is 7.83. The number of carbonyl (C=O) groups excluding carboxylic acids is 1. The average Bonchev–Trinajstić information content (AvgIpc) is 3.09. The van der Waals surface area contributed by atoms with Crippen molar-refractivity contribution in [2.45, 2.75) is 5.60 Å². The molecule has 134 valence electrons. The van der Waals surface area contributed by atoms with Crippen LogP contribution < -0.4 is 10.2 Å². The molecule has 1 amide bonds. The maximum Gasteiger partial charge on any atom is 0.270 e. The fourth-order valence-corrected chi connectivity index (χ4v) is 2.83. The number of fused-ring (bicyclic) bond motifs is 1. The number of rotatable bonds is 5. The van der Waals surface area contributed by atoms with Crippen molar-refractivity contribution in [1.29, 1.82) is 0 Å². The van der Waals surface area contributed by atoms with Crippen LogP contribution in [0.1, 0.15) is 10.5 Å². The van der Waals surface area contributed by atoms with Gasteiger partial charge in [-0.3, -0.25) is 4.79 Å². The Morgan fingerprint density at radius 3 is 2.92 bits per heavy atom. The number of carbonyl (C=O) groups is 1. The molecule has 1 saturated heterocycles. The Balaban J connectivity index is 1.40. The van der Waals surface area contributed by atoms with Gasteiger partial charge >= 0.3 is 0 Å². The summed E-state index contributed by atoms with van der Waals surface area (Å²) < 4.78 is 19.2. The second-order valence-corrected chi connectivity index (χ2v) is 5.96. The lowest BCUT2D eigenvalue weighted by Crippen LogP contribution is -2.68. The molecule has 0 unspecified atom stereocenters. The molecule has 0 spiro atoms. The van der Waals surface area contributed by atoms with Gasteiger partial charge in [0.1, 0.15) is 16.8 Å². The van der Waals surface area contributed by atoms with E-state index in [9.17, 15) is 9.18 Å². The number of anilines is 1. The molecule has 0 aliphatic carbocycles. The van der Waals surface area contributed by atoms with Crippen LogP contribution in [-0.4, -0.2) is 68.6 Å². The summed E-state index contributed by atoms with van der Waals surface area (Å²) in [6.45, 7) is 1.02. The molecular weight excluding hydrogens is 343 g/mol. The largest absolute Gasteiger partial charge is 0.373 e. The number of aromatic amines is 1. The minimum absolute atomic E-state index is 0.171. The SMILES string of the molecule is COC1(CNC(=O)c2ccc3n[nH]nc3n2)CN(c2nccnc2F)C1. The van der Waals surface area contributed by atoms with E-state index in [1.807, 2.05) is 0 Å². The summed E-state index contributed by atoms with van der Waals surface area (Å²) in [5.74, 6) is -0.813. The standard InChI is InChI=1S/C15H15FN8O2/c1-26-15(7-24(8-15)13-11(16)17-4-5-18-13)6-19-14(25)10-3-2-9-12(20-10)22-23-21-9/h2-5H,6-8H2,1H3,(H,19,25)(H,20,21,22,23). The van der Waals surface area contributed by atoms with Gasteiger partial charge in [0.25, 0.3) is 11.9 Å².